The molecule has 2 heterocycles. The third kappa shape index (κ3) is 4.64. The predicted molar refractivity (Wildman–Crippen MR) is 82.1 cm³/mol. The molecule has 0 bridgehead atoms. The second kappa shape index (κ2) is 7.33. The van der Waals surface area contributed by atoms with Gasteiger partial charge in [-0.3, -0.25) is 4.79 Å². The zero-order chi connectivity index (χ0) is 15.2. The summed E-state index contributed by atoms with van der Waals surface area (Å²) in [6, 6.07) is 3.58. The summed E-state index contributed by atoms with van der Waals surface area (Å²) in [5, 5.41) is 3.70. The van der Waals surface area contributed by atoms with Crippen molar-refractivity contribution < 1.29 is 9.21 Å². The van der Waals surface area contributed by atoms with Crippen LogP contribution in [0.4, 0.5) is 0 Å². The quantitative estimate of drug-likeness (QED) is 0.761. The Labute approximate surface area is 128 Å². The van der Waals surface area contributed by atoms with Gasteiger partial charge in [-0.25, -0.2) is 4.98 Å². The monoisotopic (exact) mass is 308 g/mol. The molecule has 0 aromatic carbocycles. The highest BCUT2D eigenvalue weighted by Gasteiger charge is 2.11. The van der Waals surface area contributed by atoms with Gasteiger partial charge in [0, 0.05) is 32.0 Å². The molecule has 0 spiro atoms. The summed E-state index contributed by atoms with van der Waals surface area (Å²) in [5.41, 5.74) is 5.63. The zero-order valence-corrected chi connectivity index (χ0v) is 13.0. The van der Waals surface area contributed by atoms with E-state index >= 15 is 0 Å². The molecule has 1 unspecified atom stereocenters. The van der Waals surface area contributed by atoms with Gasteiger partial charge in [-0.1, -0.05) is 11.8 Å². The number of carbonyl (C=O) groups excluding carboxylic acids is 1. The Morgan fingerprint density at radius 3 is 3.05 bits per heavy atom. The van der Waals surface area contributed by atoms with Gasteiger partial charge in [0.1, 0.15) is 5.76 Å². The van der Waals surface area contributed by atoms with Crippen LogP contribution in [-0.2, 0) is 12.8 Å². The average molecular weight is 308 g/mol. The number of aromatic nitrogens is 2. The summed E-state index contributed by atoms with van der Waals surface area (Å²) in [4.78, 5) is 16.1. The van der Waals surface area contributed by atoms with Crippen molar-refractivity contribution in [1.29, 1.82) is 0 Å². The largest absolute Gasteiger partial charge is 0.455 e. The van der Waals surface area contributed by atoms with Gasteiger partial charge in [-0.05, 0) is 25.5 Å². The maximum atomic E-state index is 11.9. The Hall–Kier alpha value is -1.73. The number of amides is 1. The summed E-state index contributed by atoms with van der Waals surface area (Å²) in [5.74, 6) is 1.51. The molecule has 0 aliphatic heterocycles. The topological polar surface area (TPSA) is 86.1 Å². The minimum absolute atomic E-state index is 0.0756. The van der Waals surface area contributed by atoms with Crippen molar-refractivity contribution in [2.45, 2.75) is 30.3 Å². The molecular formula is C14H20N4O2S. The maximum absolute atomic E-state index is 11.9. The fourth-order valence-corrected chi connectivity index (χ4v) is 2.53. The van der Waals surface area contributed by atoms with Crippen LogP contribution in [0, 0.1) is 0 Å². The number of hydrogen-bond donors (Lipinski definition) is 2. The Morgan fingerprint density at radius 2 is 2.38 bits per heavy atom. The SMILES string of the molecule is CC(N)CCNC(=O)c1ccc(CSc2nccn2C)o1. The van der Waals surface area contributed by atoms with E-state index in [0.29, 0.717) is 18.1 Å². The van der Waals surface area contributed by atoms with Gasteiger partial charge < -0.3 is 20.0 Å². The number of aryl methyl sites for hydroxylation is 1. The lowest BCUT2D eigenvalue weighted by Gasteiger charge is -2.05. The number of hydrogen-bond acceptors (Lipinski definition) is 5. The highest BCUT2D eigenvalue weighted by atomic mass is 32.2. The van der Waals surface area contributed by atoms with E-state index in [9.17, 15) is 4.79 Å². The van der Waals surface area contributed by atoms with E-state index in [1.54, 1.807) is 24.0 Å². The molecule has 6 nitrogen and oxygen atoms in total. The Balaban J connectivity index is 1.83. The van der Waals surface area contributed by atoms with Crippen molar-refractivity contribution in [3.8, 4) is 0 Å². The van der Waals surface area contributed by atoms with E-state index in [0.717, 1.165) is 17.3 Å². The molecule has 114 valence electrons. The van der Waals surface area contributed by atoms with Gasteiger partial charge in [-0.15, -0.1) is 0 Å². The van der Waals surface area contributed by atoms with Crippen molar-refractivity contribution in [1.82, 2.24) is 14.9 Å². The molecule has 2 aromatic rings. The van der Waals surface area contributed by atoms with Crippen molar-refractivity contribution in [3.05, 3.63) is 36.0 Å². The number of nitrogens with two attached hydrogens (primary N) is 1. The number of imidazole rings is 1. The van der Waals surface area contributed by atoms with Crippen LogP contribution < -0.4 is 11.1 Å². The van der Waals surface area contributed by atoms with E-state index in [-0.39, 0.29) is 11.9 Å². The van der Waals surface area contributed by atoms with Crippen molar-refractivity contribution in [3.63, 3.8) is 0 Å². The Morgan fingerprint density at radius 1 is 1.57 bits per heavy atom. The highest BCUT2D eigenvalue weighted by molar-refractivity contribution is 7.98. The lowest BCUT2D eigenvalue weighted by molar-refractivity contribution is 0.0923. The van der Waals surface area contributed by atoms with Crippen LogP contribution in [0.3, 0.4) is 0 Å². The molecule has 21 heavy (non-hydrogen) atoms. The van der Waals surface area contributed by atoms with E-state index < -0.39 is 0 Å². The number of nitrogens with zero attached hydrogens (tertiary/aromatic N) is 2. The second-order valence-electron chi connectivity index (χ2n) is 4.90. The molecule has 0 fully saturated rings. The molecule has 7 heteroatoms. The van der Waals surface area contributed by atoms with Gasteiger partial charge in [0.25, 0.3) is 5.91 Å². The van der Waals surface area contributed by atoms with Crippen LogP contribution in [0.1, 0.15) is 29.7 Å². The summed E-state index contributed by atoms with van der Waals surface area (Å²) >= 11 is 1.56. The van der Waals surface area contributed by atoms with Crippen LogP contribution in [0.25, 0.3) is 0 Å². The number of rotatable bonds is 7. The molecule has 1 atom stereocenters. The summed E-state index contributed by atoms with van der Waals surface area (Å²) in [6.45, 7) is 2.46. The minimum Gasteiger partial charge on any atom is -0.455 e. The molecule has 0 aliphatic carbocycles. The van der Waals surface area contributed by atoms with Gasteiger partial charge in [0.2, 0.25) is 0 Å². The number of carbonyl (C=O) groups is 1. The van der Waals surface area contributed by atoms with Crippen LogP contribution >= 0.6 is 11.8 Å². The molecule has 2 aromatic heterocycles. The fraction of sp³-hybridized carbons (Fsp3) is 0.429. The fourth-order valence-electron chi connectivity index (χ4n) is 1.70. The summed E-state index contributed by atoms with van der Waals surface area (Å²) in [6.07, 6.45) is 4.39. The minimum atomic E-state index is -0.205. The predicted octanol–water partition coefficient (Wildman–Crippen LogP) is 1.77. The third-order valence-electron chi connectivity index (χ3n) is 2.89. The molecule has 0 radical (unpaired) electrons. The molecule has 1 amide bonds. The van der Waals surface area contributed by atoms with Gasteiger partial charge in [0.15, 0.2) is 10.9 Å². The summed E-state index contributed by atoms with van der Waals surface area (Å²) < 4.78 is 7.48. The lowest BCUT2D eigenvalue weighted by atomic mass is 10.2. The molecule has 3 N–H and O–H groups in total. The van der Waals surface area contributed by atoms with Gasteiger partial charge in [-0.2, -0.15) is 0 Å². The van der Waals surface area contributed by atoms with Gasteiger partial charge in [0.05, 0.1) is 5.75 Å². The van der Waals surface area contributed by atoms with E-state index in [2.05, 4.69) is 10.3 Å². The normalized spacial score (nSPS) is 12.3. The first-order chi connectivity index (χ1) is 10.1. The molecular weight excluding hydrogens is 288 g/mol. The lowest BCUT2D eigenvalue weighted by Crippen LogP contribution is -2.28. The van der Waals surface area contributed by atoms with Crippen LogP contribution in [0.15, 0.2) is 34.1 Å². The number of thioether (sulfide) groups is 1. The van der Waals surface area contributed by atoms with Crippen LogP contribution in [0.2, 0.25) is 0 Å². The standard InChI is InChI=1S/C14H20N4O2S/c1-10(15)5-6-16-13(19)12-4-3-11(20-12)9-21-14-17-7-8-18(14)2/h3-4,7-8,10H,5-6,9,15H2,1-2H3,(H,16,19). The van der Waals surface area contributed by atoms with Crippen molar-refractivity contribution >= 4 is 17.7 Å². The molecule has 0 saturated heterocycles. The zero-order valence-electron chi connectivity index (χ0n) is 12.2. The number of furan rings is 1. The van der Waals surface area contributed by atoms with E-state index in [1.165, 1.54) is 0 Å². The average Bonchev–Trinajstić information content (AvgIpc) is 3.05. The van der Waals surface area contributed by atoms with Crippen molar-refractivity contribution in [2.24, 2.45) is 12.8 Å². The maximum Gasteiger partial charge on any atom is 0.286 e. The third-order valence-corrected chi connectivity index (χ3v) is 3.97. The van der Waals surface area contributed by atoms with E-state index in [4.69, 9.17) is 10.2 Å². The Bertz CT molecular complexity index is 591. The van der Waals surface area contributed by atoms with Crippen LogP contribution in [0.5, 0.6) is 0 Å². The second-order valence-corrected chi connectivity index (χ2v) is 5.84. The molecule has 0 saturated carbocycles. The molecule has 0 aliphatic rings. The van der Waals surface area contributed by atoms with Gasteiger partial charge >= 0.3 is 0 Å². The first-order valence-corrected chi connectivity index (χ1v) is 7.77. The first-order valence-electron chi connectivity index (χ1n) is 6.79. The van der Waals surface area contributed by atoms with Crippen molar-refractivity contribution in [2.75, 3.05) is 6.54 Å². The smallest absolute Gasteiger partial charge is 0.286 e. The first kappa shape index (κ1) is 15.7. The summed E-state index contributed by atoms with van der Waals surface area (Å²) in [7, 11) is 1.94. The van der Waals surface area contributed by atoms with Crippen LogP contribution in [-0.4, -0.2) is 28.0 Å². The number of nitrogens with one attached hydrogen (secondary N) is 1. The van der Waals surface area contributed by atoms with E-state index in [1.807, 2.05) is 30.8 Å². The Kier molecular flexibility index (Phi) is 5.46. The highest BCUT2D eigenvalue weighted by Crippen LogP contribution is 2.21. The molecule has 2 rings (SSSR count).